The Hall–Kier alpha value is -1.53. The average Bonchev–Trinajstić information content (AvgIpc) is 2.74. The highest BCUT2D eigenvalue weighted by atomic mass is 19.4. The number of carboxylic acids is 1. The van der Waals surface area contributed by atoms with Crippen LogP contribution >= 0.6 is 0 Å². The van der Waals surface area contributed by atoms with Crippen LogP contribution in [0.1, 0.15) is 60.2 Å². The van der Waals surface area contributed by atoms with Gasteiger partial charge in [0.2, 0.25) is 5.76 Å². The van der Waals surface area contributed by atoms with E-state index in [2.05, 4.69) is 9.40 Å². The summed E-state index contributed by atoms with van der Waals surface area (Å²) >= 11 is 0. The summed E-state index contributed by atoms with van der Waals surface area (Å²) in [5.74, 6) is -3.52. The number of aromatic nitrogens is 1. The molecule has 1 saturated carbocycles. The van der Waals surface area contributed by atoms with E-state index < -0.39 is 23.6 Å². The van der Waals surface area contributed by atoms with Crippen molar-refractivity contribution in [1.29, 1.82) is 0 Å². The Bertz CT molecular complexity index is 447. The molecule has 0 radical (unpaired) electrons. The van der Waals surface area contributed by atoms with Gasteiger partial charge < -0.3 is 9.52 Å². The van der Waals surface area contributed by atoms with Crippen LogP contribution in [0.5, 0.6) is 0 Å². The third-order valence-electron chi connectivity index (χ3n) is 3.06. The first-order valence-corrected chi connectivity index (χ1v) is 5.71. The largest absolute Gasteiger partial charge is 0.476 e. The molecule has 1 fully saturated rings. The van der Waals surface area contributed by atoms with Crippen LogP contribution in [0.2, 0.25) is 0 Å². The predicted octanol–water partition coefficient (Wildman–Crippen LogP) is 3.44. The molecule has 1 N–H and O–H groups in total. The lowest BCUT2D eigenvalue weighted by atomic mass is 9.89. The summed E-state index contributed by atoms with van der Waals surface area (Å²) in [6.07, 6.45) is -0.607. The fourth-order valence-electron chi connectivity index (χ4n) is 2.20. The van der Waals surface area contributed by atoms with Crippen LogP contribution in [0.15, 0.2) is 4.42 Å². The summed E-state index contributed by atoms with van der Waals surface area (Å²) in [5.41, 5.74) is -1.04. The maximum absolute atomic E-state index is 12.6. The van der Waals surface area contributed by atoms with Gasteiger partial charge in [0.25, 0.3) is 0 Å². The van der Waals surface area contributed by atoms with Crippen molar-refractivity contribution in [2.24, 2.45) is 0 Å². The molecule has 0 bridgehead atoms. The van der Waals surface area contributed by atoms with E-state index in [0.717, 1.165) is 19.3 Å². The summed E-state index contributed by atoms with van der Waals surface area (Å²) in [6.45, 7) is 0. The van der Waals surface area contributed by atoms with E-state index in [1.807, 2.05) is 0 Å². The van der Waals surface area contributed by atoms with Crippen molar-refractivity contribution in [2.75, 3.05) is 0 Å². The molecule has 0 amide bonds. The van der Waals surface area contributed by atoms with Gasteiger partial charge >= 0.3 is 12.1 Å². The van der Waals surface area contributed by atoms with Crippen LogP contribution in [0, 0.1) is 0 Å². The van der Waals surface area contributed by atoms with Gasteiger partial charge in [-0.15, -0.1) is 0 Å². The molecule has 1 aliphatic rings. The first-order valence-electron chi connectivity index (χ1n) is 5.71. The molecule has 18 heavy (non-hydrogen) atoms. The molecule has 0 spiro atoms. The molecule has 2 rings (SSSR count). The van der Waals surface area contributed by atoms with Crippen molar-refractivity contribution in [3.8, 4) is 0 Å². The van der Waals surface area contributed by atoms with Gasteiger partial charge in [-0.1, -0.05) is 19.3 Å². The van der Waals surface area contributed by atoms with E-state index >= 15 is 0 Å². The number of nitrogens with zero attached hydrogens (tertiary/aromatic N) is 1. The second-order valence-electron chi connectivity index (χ2n) is 4.37. The van der Waals surface area contributed by atoms with Gasteiger partial charge in [-0.25, -0.2) is 9.78 Å². The van der Waals surface area contributed by atoms with Crippen molar-refractivity contribution in [1.82, 2.24) is 4.98 Å². The molecular formula is C11H12F3NO3. The lowest BCUT2D eigenvalue weighted by Gasteiger charge is -2.17. The Morgan fingerprint density at radius 2 is 1.89 bits per heavy atom. The highest BCUT2D eigenvalue weighted by molar-refractivity contribution is 5.86. The lowest BCUT2D eigenvalue weighted by molar-refractivity contribution is -0.154. The molecule has 1 aliphatic carbocycles. The molecule has 0 atom stereocenters. The minimum atomic E-state index is -4.83. The summed E-state index contributed by atoms with van der Waals surface area (Å²) in [6, 6.07) is 0. The van der Waals surface area contributed by atoms with Gasteiger partial charge in [-0.3, -0.25) is 0 Å². The summed E-state index contributed by atoms with van der Waals surface area (Å²) in [5, 5.41) is 8.72. The minimum Gasteiger partial charge on any atom is -0.476 e. The molecule has 7 heteroatoms. The van der Waals surface area contributed by atoms with Gasteiger partial charge in [-0.2, -0.15) is 13.2 Å². The number of oxazole rings is 1. The smallest absolute Gasteiger partial charge is 0.452 e. The SMILES string of the molecule is O=C(O)c1nc(C2CCCCC2)oc1C(F)(F)F. The number of hydrogen-bond acceptors (Lipinski definition) is 3. The Labute approximate surface area is 101 Å². The van der Waals surface area contributed by atoms with E-state index in [9.17, 15) is 18.0 Å². The number of halogens is 3. The average molecular weight is 263 g/mol. The van der Waals surface area contributed by atoms with E-state index in [1.165, 1.54) is 0 Å². The van der Waals surface area contributed by atoms with Gasteiger partial charge in [0.15, 0.2) is 11.6 Å². The summed E-state index contributed by atoms with van der Waals surface area (Å²) in [4.78, 5) is 14.3. The number of carbonyl (C=O) groups is 1. The minimum absolute atomic E-state index is 0.0978. The molecular weight excluding hydrogens is 251 g/mol. The zero-order valence-corrected chi connectivity index (χ0v) is 9.46. The Morgan fingerprint density at radius 1 is 1.28 bits per heavy atom. The zero-order valence-electron chi connectivity index (χ0n) is 9.46. The third kappa shape index (κ3) is 2.49. The summed E-state index contributed by atoms with van der Waals surface area (Å²) < 4.78 is 42.4. The maximum Gasteiger partial charge on any atom is 0.452 e. The lowest BCUT2D eigenvalue weighted by Crippen LogP contribution is -2.10. The molecule has 1 aromatic heterocycles. The number of carboxylic acid groups (broad SMARTS) is 1. The first-order chi connectivity index (χ1) is 8.39. The number of aromatic carboxylic acids is 1. The van der Waals surface area contributed by atoms with Crippen molar-refractivity contribution < 1.29 is 27.5 Å². The molecule has 1 heterocycles. The van der Waals surface area contributed by atoms with Crippen LogP contribution in [0.4, 0.5) is 13.2 Å². The number of hydrogen-bond donors (Lipinski definition) is 1. The molecule has 1 aromatic rings. The van der Waals surface area contributed by atoms with Crippen LogP contribution < -0.4 is 0 Å². The Kier molecular flexibility index (Phi) is 3.32. The van der Waals surface area contributed by atoms with E-state index in [0.29, 0.717) is 12.8 Å². The standard InChI is InChI=1S/C11H12F3NO3/c12-11(13,14)8-7(10(16)17)15-9(18-8)6-4-2-1-3-5-6/h6H,1-5H2,(H,16,17). The Morgan fingerprint density at radius 3 is 2.33 bits per heavy atom. The van der Waals surface area contributed by atoms with Crippen molar-refractivity contribution in [3.63, 3.8) is 0 Å². The van der Waals surface area contributed by atoms with Crippen LogP contribution in [0.3, 0.4) is 0 Å². The van der Waals surface area contributed by atoms with Crippen LogP contribution in [-0.2, 0) is 6.18 Å². The molecule has 100 valence electrons. The van der Waals surface area contributed by atoms with Crippen molar-refractivity contribution in [2.45, 2.75) is 44.2 Å². The predicted molar refractivity (Wildman–Crippen MR) is 54.3 cm³/mol. The molecule has 0 saturated heterocycles. The van der Waals surface area contributed by atoms with Gasteiger partial charge in [0, 0.05) is 5.92 Å². The van der Waals surface area contributed by atoms with Crippen molar-refractivity contribution >= 4 is 5.97 Å². The quantitative estimate of drug-likeness (QED) is 0.887. The summed E-state index contributed by atoms with van der Waals surface area (Å²) in [7, 11) is 0. The van der Waals surface area contributed by atoms with E-state index in [1.54, 1.807) is 0 Å². The normalized spacial score (nSPS) is 17.9. The second-order valence-corrected chi connectivity index (χ2v) is 4.37. The van der Waals surface area contributed by atoms with Gasteiger partial charge in [0.1, 0.15) is 0 Å². The number of alkyl halides is 3. The van der Waals surface area contributed by atoms with E-state index in [4.69, 9.17) is 5.11 Å². The fourth-order valence-corrected chi connectivity index (χ4v) is 2.20. The highest BCUT2D eigenvalue weighted by Crippen LogP contribution is 2.38. The molecule has 0 unspecified atom stereocenters. The highest BCUT2D eigenvalue weighted by Gasteiger charge is 2.42. The van der Waals surface area contributed by atoms with Gasteiger partial charge in [0.05, 0.1) is 0 Å². The van der Waals surface area contributed by atoms with Crippen molar-refractivity contribution in [3.05, 3.63) is 17.3 Å². The third-order valence-corrected chi connectivity index (χ3v) is 3.06. The topological polar surface area (TPSA) is 63.3 Å². The van der Waals surface area contributed by atoms with Crippen LogP contribution in [-0.4, -0.2) is 16.1 Å². The molecule has 0 aromatic carbocycles. The first kappa shape index (κ1) is 12.9. The van der Waals surface area contributed by atoms with E-state index in [-0.39, 0.29) is 11.8 Å². The molecule has 0 aliphatic heterocycles. The van der Waals surface area contributed by atoms with Gasteiger partial charge in [-0.05, 0) is 12.8 Å². The second kappa shape index (κ2) is 4.62. The number of rotatable bonds is 2. The Balaban J connectivity index is 2.35. The van der Waals surface area contributed by atoms with Crippen LogP contribution in [0.25, 0.3) is 0 Å². The molecule has 4 nitrogen and oxygen atoms in total. The maximum atomic E-state index is 12.6. The fraction of sp³-hybridized carbons (Fsp3) is 0.636. The monoisotopic (exact) mass is 263 g/mol. The zero-order chi connectivity index (χ0) is 13.3.